The molecule has 0 fully saturated rings. The molecule has 1 amide bonds. The van der Waals surface area contributed by atoms with Gasteiger partial charge in [-0.1, -0.05) is 54.1 Å². The fourth-order valence-electron chi connectivity index (χ4n) is 3.70. The molecule has 2 aromatic carbocycles. The zero-order valence-corrected chi connectivity index (χ0v) is 20.2. The predicted molar refractivity (Wildman–Crippen MR) is 128 cm³/mol. The van der Waals surface area contributed by atoms with E-state index in [4.69, 9.17) is 11.6 Å². The molecule has 2 heterocycles. The van der Waals surface area contributed by atoms with Crippen LogP contribution < -0.4 is 5.32 Å². The van der Waals surface area contributed by atoms with Crippen LogP contribution in [0.1, 0.15) is 41.6 Å². The summed E-state index contributed by atoms with van der Waals surface area (Å²) in [7, 11) is -3.24. The number of sulfone groups is 1. The molecular weight excluding hydrogens is 466 g/mol. The maximum atomic E-state index is 12.5. The summed E-state index contributed by atoms with van der Waals surface area (Å²) >= 11 is 7.48. The van der Waals surface area contributed by atoms with Gasteiger partial charge in [0.15, 0.2) is 15.0 Å². The second-order valence-corrected chi connectivity index (χ2v) is 11.6. The Hall–Kier alpha value is -2.26. The number of carbonyl (C=O) groups excluding carboxylic acids is 1. The first kappa shape index (κ1) is 22.9. The molecule has 9 heteroatoms. The summed E-state index contributed by atoms with van der Waals surface area (Å²) in [6, 6.07) is 14.5. The molecule has 0 bridgehead atoms. The number of carbonyl (C=O) groups is 1. The Morgan fingerprint density at radius 3 is 2.44 bits per heavy atom. The van der Waals surface area contributed by atoms with Crippen molar-refractivity contribution in [2.45, 2.75) is 44.3 Å². The number of hydrogen-bond acceptors (Lipinski definition) is 6. The van der Waals surface area contributed by atoms with Crippen LogP contribution in [0.25, 0.3) is 0 Å². The van der Waals surface area contributed by atoms with E-state index in [1.54, 1.807) is 31.2 Å². The van der Waals surface area contributed by atoms with Crippen LogP contribution in [0.5, 0.6) is 0 Å². The van der Waals surface area contributed by atoms with Gasteiger partial charge in [-0.3, -0.25) is 9.69 Å². The second kappa shape index (κ2) is 9.31. The molecule has 168 valence electrons. The number of benzene rings is 2. The standard InChI is InChI=1S/C23H24ClN3O3S2/c1-3-32(29,30)19-10-6-16(7-11-19)12-21(28)26-23-25-20-14-27(15(2)22(20)31-23)13-17-4-8-18(24)9-5-17/h4-11,15H,3,12-14H2,1-2H3,(H,25,26,28). The van der Waals surface area contributed by atoms with Gasteiger partial charge in [0, 0.05) is 29.0 Å². The van der Waals surface area contributed by atoms with E-state index in [1.165, 1.54) is 21.8 Å². The number of nitrogens with one attached hydrogen (secondary N) is 1. The lowest BCUT2D eigenvalue weighted by Crippen LogP contribution is -2.20. The zero-order chi connectivity index (χ0) is 22.9. The van der Waals surface area contributed by atoms with E-state index in [2.05, 4.69) is 22.1 Å². The highest BCUT2D eigenvalue weighted by Crippen LogP contribution is 2.40. The number of hydrogen-bond donors (Lipinski definition) is 1. The van der Waals surface area contributed by atoms with Crippen molar-refractivity contribution in [3.8, 4) is 0 Å². The molecule has 3 aromatic rings. The van der Waals surface area contributed by atoms with E-state index in [1.807, 2.05) is 24.3 Å². The summed E-state index contributed by atoms with van der Waals surface area (Å²) in [6.07, 6.45) is 0.162. The molecule has 1 atom stereocenters. The maximum absolute atomic E-state index is 12.5. The molecule has 0 spiro atoms. The lowest BCUT2D eigenvalue weighted by molar-refractivity contribution is -0.115. The van der Waals surface area contributed by atoms with E-state index < -0.39 is 9.84 Å². The first-order valence-corrected chi connectivity index (χ1v) is 13.2. The lowest BCUT2D eigenvalue weighted by Gasteiger charge is -2.21. The largest absolute Gasteiger partial charge is 0.302 e. The fraction of sp³-hybridized carbons (Fsp3) is 0.304. The van der Waals surface area contributed by atoms with Crippen molar-refractivity contribution in [1.82, 2.24) is 9.88 Å². The molecule has 0 saturated heterocycles. The Labute approximate surface area is 197 Å². The topological polar surface area (TPSA) is 79.4 Å². The average molecular weight is 490 g/mol. The number of rotatable bonds is 7. The third kappa shape index (κ3) is 5.04. The van der Waals surface area contributed by atoms with E-state index in [0.29, 0.717) is 5.13 Å². The first-order valence-electron chi connectivity index (χ1n) is 10.3. The number of halogens is 1. The zero-order valence-electron chi connectivity index (χ0n) is 17.8. The summed E-state index contributed by atoms with van der Waals surface area (Å²) < 4.78 is 23.8. The highest BCUT2D eigenvalue weighted by Gasteiger charge is 2.31. The van der Waals surface area contributed by atoms with Gasteiger partial charge in [0.1, 0.15) is 0 Å². The van der Waals surface area contributed by atoms with Crippen LogP contribution in [-0.2, 0) is 34.1 Å². The van der Waals surface area contributed by atoms with Crippen LogP contribution in [-0.4, -0.2) is 30.0 Å². The smallest absolute Gasteiger partial charge is 0.230 e. The summed E-state index contributed by atoms with van der Waals surface area (Å²) in [5.41, 5.74) is 2.95. The van der Waals surface area contributed by atoms with E-state index in [-0.39, 0.29) is 29.0 Å². The minimum absolute atomic E-state index is 0.0527. The van der Waals surface area contributed by atoms with Crippen LogP contribution >= 0.6 is 22.9 Å². The molecule has 0 aliphatic carbocycles. The summed E-state index contributed by atoms with van der Waals surface area (Å²) in [5, 5.41) is 4.21. The Morgan fingerprint density at radius 1 is 1.16 bits per heavy atom. The van der Waals surface area contributed by atoms with Crippen molar-refractivity contribution >= 4 is 43.8 Å². The molecule has 1 aliphatic rings. The average Bonchev–Trinajstić information content (AvgIpc) is 3.28. The molecule has 0 saturated carbocycles. The SMILES string of the molecule is CCS(=O)(=O)c1ccc(CC(=O)Nc2nc3c(s2)C(C)N(Cc2ccc(Cl)cc2)C3)cc1. The minimum atomic E-state index is -3.24. The second-order valence-electron chi connectivity index (χ2n) is 7.81. The summed E-state index contributed by atoms with van der Waals surface area (Å²) in [6.45, 7) is 5.31. The Kier molecular flexibility index (Phi) is 6.67. The normalized spacial score (nSPS) is 16.2. The third-order valence-electron chi connectivity index (χ3n) is 5.58. The number of aromatic nitrogens is 1. The van der Waals surface area contributed by atoms with E-state index in [9.17, 15) is 13.2 Å². The summed E-state index contributed by atoms with van der Waals surface area (Å²) in [4.78, 5) is 20.9. The molecule has 1 aliphatic heterocycles. The van der Waals surface area contributed by atoms with E-state index >= 15 is 0 Å². The maximum Gasteiger partial charge on any atom is 0.230 e. The number of fused-ring (bicyclic) bond motifs is 1. The Bertz CT molecular complexity index is 1220. The van der Waals surface area contributed by atoms with Crippen molar-refractivity contribution in [1.29, 1.82) is 0 Å². The predicted octanol–water partition coefficient (Wildman–Crippen LogP) is 4.85. The van der Waals surface area contributed by atoms with Gasteiger partial charge in [0.2, 0.25) is 5.91 Å². The van der Waals surface area contributed by atoms with Crippen LogP contribution in [0, 0.1) is 0 Å². The fourth-order valence-corrected chi connectivity index (χ4v) is 5.79. The molecule has 1 unspecified atom stereocenters. The van der Waals surface area contributed by atoms with Crippen molar-refractivity contribution in [3.05, 3.63) is 75.3 Å². The van der Waals surface area contributed by atoms with Crippen LogP contribution in [0.2, 0.25) is 5.02 Å². The number of anilines is 1. The van der Waals surface area contributed by atoms with Gasteiger partial charge >= 0.3 is 0 Å². The van der Waals surface area contributed by atoms with Crippen molar-refractivity contribution in [3.63, 3.8) is 0 Å². The minimum Gasteiger partial charge on any atom is -0.302 e. The van der Waals surface area contributed by atoms with Crippen LogP contribution in [0.15, 0.2) is 53.4 Å². The van der Waals surface area contributed by atoms with E-state index in [0.717, 1.165) is 29.4 Å². The van der Waals surface area contributed by atoms with Crippen molar-refractivity contribution in [2.75, 3.05) is 11.1 Å². The van der Waals surface area contributed by atoms with Crippen LogP contribution in [0.4, 0.5) is 5.13 Å². The van der Waals surface area contributed by atoms with Crippen molar-refractivity contribution in [2.24, 2.45) is 0 Å². The molecule has 4 rings (SSSR count). The molecule has 32 heavy (non-hydrogen) atoms. The first-order chi connectivity index (χ1) is 15.2. The Balaban J connectivity index is 1.35. The number of thiazole rings is 1. The van der Waals surface area contributed by atoms with Crippen LogP contribution in [0.3, 0.4) is 0 Å². The third-order valence-corrected chi connectivity index (χ3v) is 8.77. The Morgan fingerprint density at radius 2 is 1.81 bits per heavy atom. The van der Waals surface area contributed by atoms with Gasteiger partial charge in [0.05, 0.1) is 22.8 Å². The lowest BCUT2D eigenvalue weighted by atomic mass is 10.1. The highest BCUT2D eigenvalue weighted by atomic mass is 35.5. The molecule has 6 nitrogen and oxygen atoms in total. The van der Waals surface area contributed by atoms with Gasteiger partial charge in [-0.05, 0) is 42.3 Å². The summed E-state index contributed by atoms with van der Waals surface area (Å²) in [5.74, 6) is -0.119. The van der Waals surface area contributed by atoms with Gasteiger partial charge in [-0.2, -0.15) is 0 Å². The number of amides is 1. The molecule has 1 aromatic heterocycles. The van der Waals surface area contributed by atoms with Gasteiger partial charge < -0.3 is 5.32 Å². The molecule has 1 N–H and O–H groups in total. The van der Waals surface area contributed by atoms with Crippen molar-refractivity contribution < 1.29 is 13.2 Å². The number of nitrogens with zero attached hydrogens (tertiary/aromatic N) is 2. The highest BCUT2D eigenvalue weighted by molar-refractivity contribution is 7.91. The monoisotopic (exact) mass is 489 g/mol. The molecule has 0 radical (unpaired) electrons. The van der Waals surface area contributed by atoms with Gasteiger partial charge in [-0.25, -0.2) is 13.4 Å². The molecular formula is C23H24ClN3O3S2. The van der Waals surface area contributed by atoms with Gasteiger partial charge in [0.25, 0.3) is 0 Å². The quantitative estimate of drug-likeness (QED) is 0.513. The van der Waals surface area contributed by atoms with Gasteiger partial charge in [-0.15, -0.1) is 0 Å².